The van der Waals surface area contributed by atoms with Crippen molar-refractivity contribution in [2.75, 3.05) is 66.5 Å². The van der Waals surface area contributed by atoms with Gasteiger partial charge >= 0.3 is 0 Å². The molecule has 1 unspecified atom stereocenters. The third-order valence-electron chi connectivity index (χ3n) is 3.57. The zero-order valence-corrected chi connectivity index (χ0v) is 12.7. The summed E-state index contributed by atoms with van der Waals surface area (Å²) in [4.78, 5) is 7.15. The van der Waals surface area contributed by atoms with Gasteiger partial charge in [0.1, 0.15) is 6.04 Å². The zero-order chi connectivity index (χ0) is 14.1. The second-order valence-electron chi connectivity index (χ2n) is 5.58. The summed E-state index contributed by atoms with van der Waals surface area (Å²) in [5.74, 6) is 0. The van der Waals surface area contributed by atoms with Gasteiger partial charge < -0.3 is 10.2 Å². The Hall–Kier alpha value is -0.670. The number of nitrogens with one attached hydrogen (secondary N) is 1. The fraction of sp³-hybridized carbons (Fsp3) is 0.929. The topological polar surface area (TPSA) is 45.5 Å². The van der Waals surface area contributed by atoms with Gasteiger partial charge in [-0.1, -0.05) is 6.92 Å². The van der Waals surface area contributed by atoms with Gasteiger partial charge in [-0.3, -0.25) is 9.80 Å². The van der Waals surface area contributed by atoms with Crippen LogP contribution < -0.4 is 5.32 Å². The molecule has 5 heteroatoms. The Bertz CT molecular complexity index is 266. The maximum Gasteiger partial charge on any atom is 0.108 e. The lowest BCUT2D eigenvalue weighted by atomic mass is 10.2. The fourth-order valence-corrected chi connectivity index (χ4v) is 2.26. The highest BCUT2D eigenvalue weighted by Crippen LogP contribution is 2.02. The molecule has 0 bridgehead atoms. The molecule has 1 rings (SSSR count). The standard InChI is InChI=1S/C14H29N5/c1-4-5-16-14(12-15)13-19-10-8-18(9-11-19)7-6-17(2)3/h14,16H,4-11,13H2,1-3H3. The van der Waals surface area contributed by atoms with Crippen molar-refractivity contribution in [1.29, 1.82) is 5.26 Å². The van der Waals surface area contributed by atoms with Gasteiger partial charge in [-0.2, -0.15) is 5.26 Å². The average molecular weight is 267 g/mol. The molecule has 1 saturated heterocycles. The molecule has 0 radical (unpaired) electrons. The van der Waals surface area contributed by atoms with Gasteiger partial charge in [-0.25, -0.2) is 0 Å². The maximum atomic E-state index is 9.13. The van der Waals surface area contributed by atoms with E-state index in [9.17, 15) is 0 Å². The first kappa shape index (κ1) is 16.4. The van der Waals surface area contributed by atoms with Crippen molar-refractivity contribution in [2.24, 2.45) is 0 Å². The summed E-state index contributed by atoms with van der Waals surface area (Å²) in [6, 6.07) is 2.34. The molecule has 5 nitrogen and oxygen atoms in total. The molecule has 0 amide bonds. The number of hydrogen-bond donors (Lipinski definition) is 1. The van der Waals surface area contributed by atoms with E-state index in [2.05, 4.69) is 47.1 Å². The van der Waals surface area contributed by atoms with Gasteiger partial charge in [0.15, 0.2) is 0 Å². The van der Waals surface area contributed by atoms with Crippen LogP contribution in [0.5, 0.6) is 0 Å². The van der Waals surface area contributed by atoms with Crippen molar-refractivity contribution in [3.8, 4) is 6.07 Å². The Morgan fingerprint density at radius 1 is 1.21 bits per heavy atom. The van der Waals surface area contributed by atoms with Crippen LogP contribution in [0.1, 0.15) is 13.3 Å². The van der Waals surface area contributed by atoms with Crippen LogP contribution in [0.25, 0.3) is 0 Å². The van der Waals surface area contributed by atoms with E-state index >= 15 is 0 Å². The summed E-state index contributed by atoms with van der Waals surface area (Å²) in [6.07, 6.45) is 1.08. The first-order chi connectivity index (χ1) is 9.15. The Kier molecular flexibility index (Phi) is 7.99. The summed E-state index contributed by atoms with van der Waals surface area (Å²) in [5.41, 5.74) is 0. The summed E-state index contributed by atoms with van der Waals surface area (Å²) >= 11 is 0. The third kappa shape index (κ3) is 6.88. The van der Waals surface area contributed by atoms with Crippen LogP contribution in [0.4, 0.5) is 0 Å². The van der Waals surface area contributed by atoms with Gasteiger partial charge in [-0.05, 0) is 27.1 Å². The van der Waals surface area contributed by atoms with Crippen LogP contribution >= 0.6 is 0 Å². The Labute approximate surface area is 118 Å². The average Bonchev–Trinajstić information content (AvgIpc) is 2.42. The van der Waals surface area contributed by atoms with Crippen molar-refractivity contribution in [1.82, 2.24) is 20.0 Å². The number of hydrogen-bond acceptors (Lipinski definition) is 5. The summed E-state index contributed by atoms with van der Waals surface area (Å²) in [5, 5.41) is 12.4. The van der Waals surface area contributed by atoms with Crippen molar-refractivity contribution < 1.29 is 0 Å². The SMILES string of the molecule is CCCNC(C#N)CN1CCN(CCN(C)C)CC1. The second kappa shape index (κ2) is 9.27. The largest absolute Gasteiger partial charge is 0.308 e. The minimum Gasteiger partial charge on any atom is -0.308 e. The monoisotopic (exact) mass is 267 g/mol. The lowest BCUT2D eigenvalue weighted by Crippen LogP contribution is -2.51. The van der Waals surface area contributed by atoms with E-state index in [1.54, 1.807) is 0 Å². The van der Waals surface area contributed by atoms with Crippen LogP contribution in [-0.4, -0.2) is 87.2 Å². The molecule has 1 fully saturated rings. The van der Waals surface area contributed by atoms with Crippen molar-refractivity contribution in [3.63, 3.8) is 0 Å². The van der Waals surface area contributed by atoms with Crippen LogP contribution in [0.15, 0.2) is 0 Å². The number of nitriles is 1. The molecule has 1 aliphatic rings. The molecule has 0 aromatic carbocycles. The molecule has 110 valence electrons. The van der Waals surface area contributed by atoms with E-state index < -0.39 is 0 Å². The molecule has 0 saturated carbocycles. The first-order valence-corrected chi connectivity index (χ1v) is 7.38. The van der Waals surface area contributed by atoms with E-state index in [0.29, 0.717) is 0 Å². The van der Waals surface area contributed by atoms with Gasteiger partial charge in [0.2, 0.25) is 0 Å². The summed E-state index contributed by atoms with van der Waals surface area (Å²) < 4.78 is 0. The van der Waals surface area contributed by atoms with E-state index in [1.807, 2.05) is 0 Å². The van der Waals surface area contributed by atoms with Crippen molar-refractivity contribution >= 4 is 0 Å². The highest BCUT2D eigenvalue weighted by Gasteiger charge is 2.19. The van der Waals surface area contributed by atoms with Crippen LogP contribution in [0, 0.1) is 11.3 Å². The highest BCUT2D eigenvalue weighted by molar-refractivity contribution is 4.92. The molecule has 0 aromatic rings. The first-order valence-electron chi connectivity index (χ1n) is 7.38. The molecule has 0 aromatic heterocycles. The molecule has 0 aliphatic carbocycles. The van der Waals surface area contributed by atoms with E-state index in [4.69, 9.17) is 5.26 Å². The third-order valence-corrected chi connectivity index (χ3v) is 3.57. The molecule has 1 heterocycles. The second-order valence-corrected chi connectivity index (χ2v) is 5.58. The molecule has 1 aliphatic heterocycles. The van der Waals surface area contributed by atoms with Crippen LogP contribution in [0.3, 0.4) is 0 Å². The van der Waals surface area contributed by atoms with Crippen molar-refractivity contribution in [3.05, 3.63) is 0 Å². The molecule has 1 N–H and O–H groups in total. The predicted molar refractivity (Wildman–Crippen MR) is 79.1 cm³/mol. The highest BCUT2D eigenvalue weighted by atomic mass is 15.3. The normalized spacial score (nSPS) is 19.5. The van der Waals surface area contributed by atoms with E-state index in [1.165, 1.54) is 0 Å². The maximum absolute atomic E-state index is 9.13. The smallest absolute Gasteiger partial charge is 0.108 e. The summed E-state index contributed by atoms with van der Waals surface area (Å²) in [7, 11) is 4.24. The van der Waals surface area contributed by atoms with E-state index in [-0.39, 0.29) is 6.04 Å². The Morgan fingerprint density at radius 3 is 2.37 bits per heavy atom. The Balaban J connectivity index is 2.20. The quantitative estimate of drug-likeness (QED) is 0.674. The van der Waals surface area contributed by atoms with E-state index in [0.717, 1.165) is 58.8 Å². The molecule has 0 spiro atoms. The van der Waals surface area contributed by atoms with Gasteiger partial charge in [-0.15, -0.1) is 0 Å². The van der Waals surface area contributed by atoms with Crippen molar-refractivity contribution in [2.45, 2.75) is 19.4 Å². The zero-order valence-electron chi connectivity index (χ0n) is 12.7. The minimum atomic E-state index is -0.0201. The number of piperazine rings is 1. The Morgan fingerprint density at radius 2 is 1.84 bits per heavy atom. The van der Waals surface area contributed by atoms with Gasteiger partial charge in [0.25, 0.3) is 0 Å². The lowest BCUT2D eigenvalue weighted by Gasteiger charge is -2.36. The predicted octanol–water partition coefficient (Wildman–Crippen LogP) is 0.0574. The van der Waals surface area contributed by atoms with Gasteiger partial charge in [0, 0.05) is 45.8 Å². The lowest BCUT2D eigenvalue weighted by molar-refractivity contribution is 0.121. The number of likely N-dealkylation sites (N-methyl/N-ethyl adjacent to an activating group) is 1. The van der Waals surface area contributed by atoms with Crippen LogP contribution in [-0.2, 0) is 0 Å². The molecule has 1 atom stereocenters. The minimum absolute atomic E-state index is 0.0201. The molecular weight excluding hydrogens is 238 g/mol. The summed E-state index contributed by atoms with van der Waals surface area (Å²) in [6.45, 7) is 10.6. The molecular formula is C14H29N5. The fourth-order valence-electron chi connectivity index (χ4n) is 2.26. The number of rotatable bonds is 8. The van der Waals surface area contributed by atoms with Gasteiger partial charge in [0.05, 0.1) is 6.07 Å². The number of nitrogens with zero attached hydrogens (tertiary/aromatic N) is 4. The molecule has 19 heavy (non-hydrogen) atoms. The van der Waals surface area contributed by atoms with Crippen LogP contribution in [0.2, 0.25) is 0 Å².